The molecular formula is C11H24N2O2S. The van der Waals surface area contributed by atoms with Crippen LogP contribution in [-0.2, 0) is 10.0 Å². The Morgan fingerprint density at radius 2 is 2.06 bits per heavy atom. The molecule has 1 aliphatic heterocycles. The maximum absolute atomic E-state index is 12.4. The van der Waals surface area contributed by atoms with Gasteiger partial charge >= 0.3 is 0 Å². The van der Waals surface area contributed by atoms with E-state index in [0.717, 1.165) is 12.8 Å². The van der Waals surface area contributed by atoms with E-state index in [2.05, 4.69) is 13.8 Å². The first-order chi connectivity index (χ1) is 7.45. The van der Waals surface area contributed by atoms with Crippen molar-refractivity contribution in [1.29, 1.82) is 0 Å². The molecule has 4 nitrogen and oxygen atoms in total. The molecule has 0 aromatic heterocycles. The molecule has 0 spiro atoms. The van der Waals surface area contributed by atoms with Crippen LogP contribution in [0.1, 0.15) is 40.0 Å². The molecule has 1 aliphatic rings. The van der Waals surface area contributed by atoms with Crippen LogP contribution in [0.25, 0.3) is 0 Å². The van der Waals surface area contributed by atoms with Gasteiger partial charge in [0, 0.05) is 19.1 Å². The van der Waals surface area contributed by atoms with Crippen LogP contribution in [-0.4, -0.2) is 37.1 Å². The van der Waals surface area contributed by atoms with Crippen LogP contribution < -0.4 is 5.73 Å². The summed E-state index contributed by atoms with van der Waals surface area (Å²) in [5.74, 6) is 0.382. The van der Waals surface area contributed by atoms with E-state index in [0.29, 0.717) is 18.9 Å². The lowest BCUT2D eigenvalue weighted by atomic mass is 10.0. The normalized spacial score (nSPS) is 25.2. The Kier molecular flexibility index (Phi) is 4.76. The summed E-state index contributed by atoms with van der Waals surface area (Å²) in [4.78, 5) is 0. The molecule has 16 heavy (non-hydrogen) atoms. The van der Waals surface area contributed by atoms with Gasteiger partial charge in [-0.25, -0.2) is 8.42 Å². The van der Waals surface area contributed by atoms with E-state index < -0.39 is 15.3 Å². The van der Waals surface area contributed by atoms with Crippen molar-refractivity contribution < 1.29 is 8.42 Å². The first-order valence-corrected chi connectivity index (χ1v) is 7.66. The zero-order valence-electron chi connectivity index (χ0n) is 10.5. The van der Waals surface area contributed by atoms with Crippen molar-refractivity contribution in [2.75, 3.05) is 13.1 Å². The summed E-state index contributed by atoms with van der Waals surface area (Å²) in [6.45, 7) is 6.95. The number of hydrogen-bond acceptors (Lipinski definition) is 3. The summed E-state index contributed by atoms with van der Waals surface area (Å²) in [7, 11) is -3.19. The third-order valence-electron chi connectivity index (χ3n) is 3.48. The summed E-state index contributed by atoms with van der Waals surface area (Å²) in [5.41, 5.74) is 5.55. The van der Waals surface area contributed by atoms with E-state index in [9.17, 15) is 8.42 Å². The minimum Gasteiger partial charge on any atom is -0.329 e. The van der Waals surface area contributed by atoms with Gasteiger partial charge in [0.1, 0.15) is 0 Å². The number of nitrogens with two attached hydrogens (primary N) is 1. The van der Waals surface area contributed by atoms with Gasteiger partial charge in [-0.2, -0.15) is 4.31 Å². The highest BCUT2D eigenvalue weighted by Gasteiger charge is 2.39. The van der Waals surface area contributed by atoms with Gasteiger partial charge in [0.15, 0.2) is 0 Å². The molecule has 1 saturated heterocycles. The molecule has 0 bridgehead atoms. The average molecular weight is 248 g/mol. The molecule has 1 heterocycles. The Labute approximate surface area is 99.2 Å². The number of nitrogens with zero attached hydrogens (tertiary/aromatic N) is 1. The van der Waals surface area contributed by atoms with E-state index >= 15 is 0 Å². The molecule has 0 amide bonds. The van der Waals surface area contributed by atoms with Crippen LogP contribution in [0.5, 0.6) is 0 Å². The molecule has 0 radical (unpaired) electrons. The molecule has 96 valence electrons. The molecule has 0 saturated carbocycles. The average Bonchev–Trinajstić information content (AvgIpc) is 2.67. The van der Waals surface area contributed by atoms with Crippen molar-refractivity contribution in [3.63, 3.8) is 0 Å². The highest BCUT2D eigenvalue weighted by Crippen LogP contribution is 2.28. The first kappa shape index (κ1) is 13.9. The lowest BCUT2D eigenvalue weighted by molar-refractivity contribution is 0.312. The molecular weight excluding hydrogens is 224 g/mol. The van der Waals surface area contributed by atoms with Crippen molar-refractivity contribution in [1.82, 2.24) is 4.31 Å². The van der Waals surface area contributed by atoms with E-state index in [1.807, 2.05) is 6.92 Å². The van der Waals surface area contributed by atoms with Crippen molar-refractivity contribution >= 4 is 10.0 Å². The second-order valence-electron chi connectivity index (χ2n) is 4.88. The molecule has 2 atom stereocenters. The molecule has 0 aliphatic carbocycles. The minimum absolute atomic E-state index is 0.172. The molecule has 1 rings (SSSR count). The van der Waals surface area contributed by atoms with E-state index in [1.165, 1.54) is 0 Å². The van der Waals surface area contributed by atoms with Crippen LogP contribution in [0.3, 0.4) is 0 Å². The molecule has 2 unspecified atom stereocenters. The number of rotatable bonds is 5. The summed E-state index contributed by atoms with van der Waals surface area (Å²) in [6, 6.07) is 0.172. The first-order valence-electron chi connectivity index (χ1n) is 6.15. The van der Waals surface area contributed by atoms with Crippen LogP contribution in [0.4, 0.5) is 0 Å². The zero-order valence-corrected chi connectivity index (χ0v) is 11.3. The predicted molar refractivity (Wildman–Crippen MR) is 66.6 cm³/mol. The lowest BCUT2D eigenvalue weighted by Crippen LogP contribution is -2.45. The third-order valence-corrected chi connectivity index (χ3v) is 5.96. The van der Waals surface area contributed by atoms with Gasteiger partial charge in [-0.05, 0) is 25.2 Å². The van der Waals surface area contributed by atoms with Crippen molar-refractivity contribution in [2.24, 2.45) is 11.7 Å². The molecule has 0 aromatic rings. The summed E-state index contributed by atoms with van der Waals surface area (Å²) in [5, 5.41) is -0.410. The van der Waals surface area contributed by atoms with Gasteiger partial charge in [-0.1, -0.05) is 20.8 Å². The largest absolute Gasteiger partial charge is 0.329 e. The standard InChI is InChI=1S/C11H24N2O2S/c1-4-10(8-12)16(14,15)13-7-5-6-11(13)9(2)3/h9-11H,4-8,12H2,1-3H3. The second kappa shape index (κ2) is 5.47. The van der Waals surface area contributed by atoms with Gasteiger partial charge < -0.3 is 5.73 Å². The lowest BCUT2D eigenvalue weighted by Gasteiger charge is -2.30. The van der Waals surface area contributed by atoms with Crippen LogP contribution >= 0.6 is 0 Å². The summed E-state index contributed by atoms with van der Waals surface area (Å²) < 4.78 is 26.4. The quantitative estimate of drug-likeness (QED) is 0.794. The monoisotopic (exact) mass is 248 g/mol. The van der Waals surface area contributed by atoms with Gasteiger partial charge in [0.25, 0.3) is 0 Å². The van der Waals surface area contributed by atoms with Gasteiger partial charge in [-0.15, -0.1) is 0 Å². The molecule has 2 N–H and O–H groups in total. The van der Waals surface area contributed by atoms with Crippen molar-refractivity contribution in [3.05, 3.63) is 0 Å². The SMILES string of the molecule is CCC(CN)S(=O)(=O)N1CCCC1C(C)C. The highest BCUT2D eigenvalue weighted by molar-refractivity contribution is 7.89. The topological polar surface area (TPSA) is 63.4 Å². The Morgan fingerprint density at radius 3 is 2.50 bits per heavy atom. The van der Waals surface area contributed by atoms with Gasteiger partial charge in [0.2, 0.25) is 10.0 Å². The van der Waals surface area contributed by atoms with Crippen molar-refractivity contribution in [2.45, 2.75) is 51.3 Å². The maximum Gasteiger partial charge on any atom is 0.218 e. The molecule has 5 heteroatoms. The fourth-order valence-corrected chi connectivity index (χ4v) is 4.60. The summed E-state index contributed by atoms with van der Waals surface area (Å²) >= 11 is 0. The maximum atomic E-state index is 12.4. The van der Waals surface area contributed by atoms with E-state index in [-0.39, 0.29) is 12.6 Å². The Hall–Kier alpha value is -0.130. The molecule has 1 fully saturated rings. The van der Waals surface area contributed by atoms with Crippen LogP contribution in [0.15, 0.2) is 0 Å². The van der Waals surface area contributed by atoms with Crippen LogP contribution in [0, 0.1) is 5.92 Å². The fourth-order valence-electron chi connectivity index (χ4n) is 2.44. The van der Waals surface area contributed by atoms with Gasteiger partial charge in [0.05, 0.1) is 5.25 Å². The van der Waals surface area contributed by atoms with Gasteiger partial charge in [-0.3, -0.25) is 0 Å². The summed E-state index contributed by atoms with van der Waals surface area (Å²) in [6.07, 6.45) is 2.56. The number of hydrogen-bond donors (Lipinski definition) is 1. The molecule has 0 aromatic carbocycles. The van der Waals surface area contributed by atoms with E-state index in [4.69, 9.17) is 5.73 Å². The fraction of sp³-hybridized carbons (Fsp3) is 1.00. The number of sulfonamides is 1. The Morgan fingerprint density at radius 1 is 1.44 bits per heavy atom. The Balaban J connectivity index is 2.90. The highest BCUT2D eigenvalue weighted by atomic mass is 32.2. The smallest absolute Gasteiger partial charge is 0.218 e. The zero-order chi connectivity index (χ0) is 12.3. The minimum atomic E-state index is -3.19. The predicted octanol–water partition coefficient (Wildman–Crippen LogP) is 1.17. The third kappa shape index (κ3) is 2.57. The second-order valence-corrected chi connectivity index (χ2v) is 7.04. The van der Waals surface area contributed by atoms with E-state index in [1.54, 1.807) is 4.31 Å². The van der Waals surface area contributed by atoms with Crippen LogP contribution in [0.2, 0.25) is 0 Å². The Bertz CT molecular complexity index is 310. The van der Waals surface area contributed by atoms with Crippen molar-refractivity contribution in [3.8, 4) is 0 Å².